The number of anilines is 1. The maximum atomic E-state index is 6.09. The van der Waals surface area contributed by atoms with Crippen molar-refractivity contribution in [1.29, 1.82) is 0 Å². The van der Waals surface area contributed by atoms with Crippen LogP contribution in [0.3, 0.4) is 0 Å². The monoisotopic (exact) mass is 279 g/mol. The number of furan rings is 1. The fourth-order valence-electron chi connectivity index (χ4n) is 3.14. The van der Waals surface area contributed by atoms with Crippen LogP contribution in [0.1, 0.15) is 31.1 Å². The van der Waals surface area contributed by atoms with Crippen LogP contribution in [-0.4, -0.2) is 50.8 Å². The van der Waals surface area contributed by atoms with Gasteiger partial charge >= 0.3 is 0 Å². The molecule has 2 aliphatic rings. The summed E-state index contributed by atoms with van der Waals surface area (Å²) >= 11 is 0. The molecule has 1 atom stereocenters. The van der Waals surface area contributed by atoms with E-state index in [0.29, 0.717) is 6.54 Å². The third kappa shape index (κ3) is 3.00. The first-order valence-corrected chi connectivity index (χ1v) is 7.75. The van der Waals surface area contributed by atoms with E-state index < -0.39 is 0 Å². The first-order valence-electron chi connectivity index (χ1n) is 7.75. The molecule has 0 bridgehead atoms. The highest BCUT2D eigenvalue weighted by Crippen LogP contribution is 2.28. The number of rotatable bonds is 4. The van der Waals surface area contributed by atoms with E-state index >= 15 is 0 Å². The minimum Gasteiger partial charge on any atom is -0.444 e. The minimum absolute atomic E-state index is 0.178. The highest BCUT2D eigenvalue weighted by atomic mass is 16.5. The van der Waals surface area contributed by atoms with Gasteiger partial charge in [-0.25, -0.2) is 0 Å². The Morgan fingerprint density at radius 3 is 2.50 bits per heavy atom. The second-order valence-corrected chi connectivity index (χ2v) is 5.62. The second kappa shape index (κ2) is 6.61. The van der Waals surface area contributed by atoms with E-state index in [9.17, 15) is 0 Å². The van der Waals surface area contributed by atoms with Crippen LogP contribution < -0.4 is 10.6 Å². The van der Waals surface area contributed by atoms with E-state index in [1.807, 2.05) is 0 Å². The molecule has 5 nitrogen and oxygen atoms in total. The van der Waals surface area contributed by atoms with Gasteiger partial charge in [0.2, 0.25) is 0 Å². The van der Waals surface area contributed by atoms with Crippen molar-refractivity contribution < 1.29 is 9.15 Å². The SMILES string of the molecule is NCC(c1ccc(N2CCCCC2)o1)N1CCOCC1. The average molecular weight is 279 g/mol. The van der Waals surface area contributed by atoms with Gasteiger partial charge in [0.1, 0.15) is 5.76 Å². The molecule has 0 aromatic carbocycles. The molecule has 5 heteroatoms. The topological polar surface area (TPSA) is 54.9 Å². The molecule has 20 heavy (non-hydrogen) atoms. The van der Waals surface area contributed by atoms with E-state index in [0.717, 1.165) is 51.0 Å². The molecule has 0 spiro atoms. The Hall–Kier alpha value is -1.04. The van der Waals surface area contributed by atoms with Gasteiger partial charge in [0, 0.05) is 38.8 Å². The number of nitrogens with two attached hydrogens (primary N) is 1. The lowest BCUT2D eigenvalue weighted by Crippen LogP contribution is -2.41. The summed E-state index contributed by atoms with van der Waals surface area (Å²) in [4.78, 5) is 4.71. The summed E-state index contributed by atoms with van der Waals surface area (Å²) in [6.45, 7) is 6.25. The van der Waals surface area contributed by atoms with Gasteiger partial charge in [-0.1, -0.05) is 0 Å². The number of nitrogens with zero attached hydrogens (tertiary/aromatic N) is 2. The van der Waals surface area contributed by atoms with E-state index in [1.165, 1.54) is 19.3 Å². The fourth-order valence-corrected chi connectivity index (χ4v) is 3.14. The standard InChI is InChI=1S/C15H25N3O2/c16-12-13(17-8-10-19-11-9-17)14-4-5-15(20-14)18-6-2-1-3-7-18/h4-5,13H,1-3,6-12,16H2. The van der Waals surface area contributed by atoms with Gasteiger partial charge in [0.25, 0.3) is 0 Å². The fraction of sp³-hybridized carbons (Fsp3) is 0.733. The third-order valence-corrected chi connectivity index (χ3v) is 4.32. The molecule has 2 saturated heterocycles. The van der Waals surface area contributed by atoms with E-state index in [-0.39, 0.29) is 6.04 Å². The zero-order valence-corrected chi connectivity index (χ0v) is 12.1. The van der Waals surface area contributed by atoms with Gasteiger partial charge in [-0.3, -0.25) is 4.90 Å². The van der Waals surface area contributed by atoms with Gasteiger partial charge in [0.15, 0.2) is 5.88 Å². The quantitative estimate of drug-likeness (QED) is 0.907. The Bertz CT molecular complexity index is 409. The summed E-state index contributed by atoms with van der Waals surface area (Å²) in [6, 6.07) is 4.37. The maximum absolute atomic E-state index is 6.09. The Labute approximate surface area is 120 Å². The van der Waals surface area contributed by atoms with Crippen LogP contribution in [0.25, 0.3) is 0 Å². The van der Waals surface area contributed by atoms with Crippen LogP contribution in [-0.2, 0) is 4.74 Å². The number of piperidine rings is 1. The molecule has 1 aromatic rings. The van der Waals surface area contributed by atoms with Gasteiger partial charge in [-0.15, -0.1) is 0 Å². The molecule has 2 N–H and O–H groups in total. The number of ether oxygens (including phenoxy) is 1. The summed E-state index contributed by atoms with van der Waals surface area (Å²) in [5.74, 6) is 2.00. The molecule has 3 heterocycles. The van der Waals surface area contributed by atoms with Crippen LogP contribution in [0.15, 0.2) is 16.5 Å². The van der Waals surface area contributed by atoms with Crippen molar-refractivity contribution in [2.45, 2.75) is 25.3 Å². The Kier molecular flexibility index (Phi) is 4.60. The smallest absolute Gasteiger partial charge is 0.195 e. The summed E-state index contributed by atoms with van der Waals surface area (Å²) in [7, 11) is 0. The molecule has 2 fully saturated rings. The van der Waals surface area contributed by atoms with Crippen molar-refractivity contribution in [3.8, 4) is 0 Å². The second-order valence-electron chi connectivity index (χ2n) is 5.62. The lowest BCUT2D eigenvalue weighted by molar-refractivity contribution is 0.0137. The molecule has 2 aliphatic heterocycles. The number of hydrogen-bond donors (Lipinski definition) is 1. The van der Waals surface area contributed by atoms with Gasteiger partial charge in [-0.2, -0.15) is 0 Å². The van der Waals surface area contributed by atoms with Crippen LogP contribution in [0.5, 0.6) is 0 Å². The van der Waals surface area contributed by atoms with Crippen molar-refractivity contribution in [3.63, 3.8) is 0 Å². The summed E-state index contributed by atoms with van der Waals surface area (Å²) in [5.41, 5.74) is 5.97. The molecule has 0 radical (unpaired) electrons. The first-order chi connectivity index (χ1) is 9.88. The average Bonchev–Trinajstić information content (AvgIpc) is 3.00. The summed E-state index contributed by atoms with van der Waals surface area (Å²) < 4.78 is 11.5. The van der Waals surface area contributed by atoms with Crippen LogP contribution >= 0.6 is 0 Å². The first kappa shape index (κ1) is 13.9. The summed E-state index contributed by atoms with van der Waals surface area (Å²) in [5, 5.41) is 0. The predicted molar refractivity (Wildman–Crippen MR) is 79.0 cm³/mol. The van der Waals surface area contributed by atoms with Crippen molar-refractivity contribution in [1.82, 2.24) is 4.90 Å². The minimum atomic E-state index is 0.178. The van der Waals surface area contributed by atoms with Crippen LogP contribution in [0.4, 0.5) is 5.88 Å². The third-order valence-electron chi connectivity index (χ3n) is 4.32. The molecule has 1 unspecified atom stereocenters. The molecule has 112 valence electrons. The molecule has 0 amide bonds. The zero-order chi connectivity index (χ0) is 13.8. The maximum Gasteiger partial charge on any atom is 0.195 e. The molecule has 1 aromatic heterocycles. The molecule has 0 aliphatic carbocycles. The van der Waals surface area contributed by atoms with E-state index in [4.69, 9.17) is 14.9 Å². The highest BCUT2D eigenvalue weighted by molar-refractivity contribution is 5.37. The van der Waals surface area contributed by atoms with Crippen molar-refractivity contribution >= 4 is 5.88 Å². The van der Waals surface area contributed by atoms with Crippen molar-refractivity contribution in [2.75, 3.05) is 50.8 Å². The van der Waals surface area contributed by atoms with Gasteiger partial charge in [-0.05, 0) is 25.3 Å². The Morgan fingerprint density at radius 1 is 1.05 bits per heavy atom. The van der Waals surface area contributed by atoms with Gasteiger partial charge < -0.3 is 19.8 Å². The normalized spacial score (nSPS) is 22.9. The van der Waals surface area contributed by atoms with E-state index in [1.54, 1.807) is 0 Å². The predicted octanol–water partition coefficient (Wildman–Crippen LogP) is 1.60. The van der Waals surface area contributed by atoms with Crippen molar-refractivity contribution in [3.05, 3.63) is 17.9 Å². The number of hydrogen-bond acceptors (Lipinski definition) is 5. The van der Waals surface area contributed by atoms with Gasteiger partial charge in [0.05, 0.1) is 19.3 Å². The highest BCUT2D eigenvalue weighted by Gasteiger charge is 2.25. The van der Waals surface area contributed by atoms with Crippen molar-refractivity contribution in [2.24, 2.45) is 5.73 Å². The zero-order valence-electron chi connectivity index (χ0n) is 12.1. The van der Waals surface area contributed by atoms with E-state index in [2.05, 4.69) is 21.9 Å². The Balaban J connectivity index is 1.70. The summed E-state index contributed by atoms with van der Waals surface area (Å²) in [6.07, 6.45) is 3.86. The number of morpholine rings is 1. The van der Waals surface area contributed by atoms with Crippen LogP contribution in [0.2, 0.25) is 0 Å². The molecular weight excluding hydrogens is 254 g/mol. The molecular formula is C15H25N3O2. The van der Waals surface area contributed by atoms with Crippen LogP contribution in [0, 0.1) is 0 Å². The molecule has 3 rings (SSSR count). The Morgan fingerprint density at radius 2 is 1.80 bits per heavy atom. The largest absolute Gasteiger partial charge is 0.444 e. The lowest BCUT2D eigenvalue weighted by Gasteiger charge is -2.32. The lowest BCUT2D eigenvalue weighted by atomic mass is 10.1. The molecule has 0 saturated carbocycles.